The maximum atomic E-state index is 13.0. The minimum absolute atomic E-state index is 0.0785. The highest BCUT2D eigenvalue weighted by atomic mass is 16.5. The van der Waals surface area contributed by atoms with Crippen LogP contribution in [0.4, 0.5) is 0 Å². The third-order valence-electron chi connectivity index (χ3n) is 6.55. The number of para-hydroxylation sites is 1. The summed E-state index contributed by atoms with van der Waals surface area (Å²) in [6.07, 6.45) is 0.834. The zero-order valence-corrected chi connectivity index (χ0v) is 21.1. The van der Waals surface area contributed by atoms with Gasteiger partial charge in [0.1, 0.15) is 5.75 Å². The van der Waals surface area contributed by atoms with Crippen LogP contribution in [0.1, 0.15) is 28.1 Å². The average Bonchev–Trinajstić information content (AvgIpc) is 3.36. The molecule has 0 fully saturated rings. The number of rotatable bonds is 10. The zero-order valence-electron chi connectivity index (χ0n) is 21.1. The first kappa shape index (κ1) is 24.4. The van der Waals surface area contributed by atoms with Crippen LogP contribution in [-0.2, 0) is 32.6 Å². The van der Waals surface area contributed by atoms with Crippen LogP contribution in [0, 0.1) is 6.92 Å². The van der Waals surface area contributed by atoms with Crippen LogP contribution in [0.5, 0.6) is 5.75 Å². The number of nitrogens with one attached hydrogen (secondary N) is 1. The number of methoxy groups -OCH3 is 1. The second-order valence-electron chi connectivity index (χ2n) is 9.21. The lowest BCUT2D eigenvalue weighted by molar-refractivity contribution is 0.235. The minimum atomic E-state index is -0.0785. The first-order valence-corrected chi connectivity index (χ1v) is 12.3. The molecule has 0 unspecified atom stereocenters. The summed E-state index contributed by atoms with van der Waals surface area (Å²) in [7, 11) is 1.66. The largest absolute Gasteiger partial charge is 0.497 e. The highest BCUT2D eigenvalue weighted by Crippen LogP contribution is 2.19. The van der Waals surface area contributed by atoms with Crippen molar-refractivity contribution in [3.8, 4) is 5.75 Å². The molecule has 2 aromatic heterocycles. The van der Waals surface area contributed by atoms with Crippen molar-refractivity contribution in [2.24, 2.45) is 0 Å². The van der Waals surface area contributed by atoms with Gasteiger partial charge in [-0.2, -0.15) is 0 Å². The first-order valence-electron chi connectivity index (χ1n) is 12.3. The molecule has 0 aliphatic rings. The Morgan fingerprint density at radius 2 is 1.73 bits per heavy atom. The SMILES string of the molecule is COc1ccc(CN(Cc2cc3cccc(C)c3[nH]c2=O)Cc2nnnn2CCc2ccccc2)cc1. The number of benzene rings is 3. The predicted molar refractivity (Wildman–Crippen MR) is 143 cm³/mol. The third kappa shape index (κ3) is 5.92. The second-order valence-corrected chi connectivity index (χ2v) is 9.21. The van der Waals surface area contributed by atoms with Crippen LogP contribution < -0.4 is 10.3 Å². The summed E-state index contributed by atoms with van der Waals surface area (Å²) in [6, 6.07) is 26.3. The van der Waals surface area contributed by atoms with Gasteiger partial charge >= 0.3 is 0 Å². The standard InChI is InChI=1S/C29H30N6O2/c1-21-7-6-10-24-17-25(29(36)30-28(21)24)19-34(18-23-11-13-26(37-2)14-12-23)20-27-31-32-33-35(27)16-15-22-8-4-3-5-9-22/h3-14,17H,15-16,18-20H2,1-2H3,(H,30,36). The normalized spacial score (nSPS) is 11.3. The average molecular weight is 495 g/mol. The summed E-state index contributed by atoms with van der Waals surface area (Å²) in [5.41, 5.74) is 4.89. The molecule has 5 rings (SSSR count). The number of H-pyrrole nitrogens is 1. The Balaban J connectivity index is 1.40. The van der Waals surface area contributed by atoms with Gasteiger partial charge in [0.05, 0.1) is 19.2 Å². The molecular formula is C29H30N6O2. The van der Waals surface area contributed by atoms with Gasteiger partial charge < -0.3 is 9.72 Å². The van der Waals surface area contributed by atoms with Gasteiger partial charge in [-0.05, 0) is 64.0 Å². The molecular weight excluding hydrogens is 464 g/mol. The van der Waals surface area contributed by atoms with Crippen molar-refractivity contribution in [2.45, 2.75) is 39.5 Å². The molecule has 8 heteroatoms. The molecule has 0 bridgehead atoms. The maximum absolute atomic E-state index is 13.0. The zero-order chi connectivity index (χ0) is 25.6. The monoisotopic (exact) mass is 494 g/mol. The van der Waals surface area contributed by atoms with E-state index in [2.05, 4.69) is 37.5 Å². The number of tetrazole rings is 1. The Kier molecular flexibility index (Phi) is 7.37. The van der Waals surface area contributed by atoms with Gasteiger partial charge in [-0.25, -0.2) is 4.68 Å². The van der Waals surface area contributed by atoms with Crippen LogP contribution >= 0.6 is 0 Å². The van der Waals surface area contributed by atoms with Gasteiger partial charge in [-0.15, -0.1) is 5.10 Å². The number of aryl methyl sites for hydroxylation is 3. The highest BCUT2D eigenvalue weighted by molar-refractivity contribution is 5.81. The van der Waals surface area contributed by atoms with Crippen molar-refractivity contribution in [3.05, 3.63) is 117 Å². The van der Waals surface area contributed by atoms with Gasteiger partial charge in [0.2, 0.25) is 0 Å². The van der Waals surface area contributed by atoms with Crippen molar-refractivity contribution in [2.75, 3.05) is 7.11 Å². The second kappa shape index (κ2) is 11.2. The van der Waals surface area contributed by atoms with Crippen LogP contribution in [0.2, 0.25) is 0 Å². The molecule has 0 amide bonds. The van der Waals surface area contributed by atoms with Crippen molar-refractivity contribution in [3.63, 3.8) is 0 Å². The van der Waals surface area contributed by atoms with E-state index in [0.717, 1.165) is 40.0 Å². The van der Waals surface area contributed by atoms with Crippen LogP contribution in [0.25, 0.3) is 10.9 Å². The molecule has 5 aromatic rings. The molecule has 0 spiro atoms. The van der Waals surface area contributed by atoms with Crippen LogP contribution in [0.3, 0.4) is 0 Å². The van der Waals surface area contributed by atoms with Gasteiger partial charge in [0.15, 0.2) is 5.82 Å². The quantitative estimate of drug-likeness (QED) is 0.312. The topological polar surface area (TPSA) is 88.9 Å². The van der Waals surface area contributed by atoms with E-state index < -0.39 is 0 Å². The lowest BCUT2D eigenvalue weighted by Crippen LogP contribution is -2.28. The Morgan fingerprint density at radius 1 is 0.919 bits per heavy atom. The number of fused-ring (bicyclic) bond motifs is 1. The number of ether oxygens (including phenoxy) is 1. The maximum Gasteiger partial charge on any atom is 0.252 e. The number of aromatic nitrogens is 5. The number of hydrogen-bond donors (Lipinski definition) is 1. The molecule has 0 radical (unpaired) electrons. The molecule has 37 heavy (non-hydrogen) atoms. The van der Waals surface area contributed by atoms with Crippen molar-refractivity contribution in [1.82, 2.24) is 30.1 Å². The molecule has 2 heterocycles. The Morgan fingerprint density at radius 3 is 2.51 bits per heavy atom. The van der Waals surface area contributed by atoms with E-state index in [-0.39, 0.29) is 5.56 Å². The van der Waals surface area contributed by atoms with E-state index in [0.29, 0.717) is 31.7 Å². The molecule has 0 atom stereocenters. The summed E-state index contributed by atoms with van der Waals surface area (Å²) in [4.78, 5) is 18.3. The van der Waals surface area contributed by atoms with Crippen LogP contribution in [-0.4, -0.2) is 37.2 Å². The Hall–Kier alpha value is -4.30. The van der Waals surface area contributed by atoms with Gasteiger partial charge in [0, 0.05) is 25.2 Å². The molecule has 0 aliphatic carbocycles. The Bertz CT molecular complexity index is 1530. The van der Waals surface area contributed by atoms with Gasteiger partial charge in [-0.3, -0.25) is 9.69 Å². The molecule has 0 saturated carbocycles. The fourth-order valence-corrected chi connectivity index (χ4v) is 4.53. The molecule has 0 saturated heterocycles. The number of nitrogens with zero attached hydrogens (tertiary/aromatic N) is 5. The van der Waals surface area contributed by atoms with Gasteiger partial charge in [0.25, 0.3) is 5.56 Å². The lowest BCUT2D eigenvalue weighted by Gasteiger charge is -2.22. The number of pyridine rings is 1. The van der Waals surface area contributed by atoms with Crippen molar-refractivity contribution >= 4 is 10.9 Å². The fraction of sp³-hybridized carbons (Fsp3) is 0.241. The van der Waals surface area contributed by atoms with E-state index in [4.69, 9.17) is 4.74 Å². The number of aromatic amines is 1. The number of hydrogen-bond acceptors (Lipinski definition) is 6. The van der Waals surface area contributed by atoms with E-state index >= 15 is 0 Å². The van der Waals surface area contributed by atoms with Crippen LogP contribution in [0.15, 0.2) is 83.7 Å². The van der Waals surface area contributed by atoms with Crippen molar-refractivity contribution in [1.29, 1.82) is 0 Å². The van der Waals surface area contributed by atoms with E-state index in [9.17, 15) is 4.79 Å². The molecule has 1 N–H and O–H groups in total. The summed E-state index contributed by atoms with van der Waals surface area (Å²) >= 11 is 0. The minimum Gasteiger partial charge on any atom is -0.497 e. The van der Waals surface area contributed by atoms with E-state index in [1.165, 1.54) is 5.56 Å². The van der Waals surface area contributed by atoms with E-state index in [1.54, 1.807) is 7.11 Å². The fourth-order valence-electron chi connectivity index (χ4n) is 4.53. The lowest BCUT2D eigenvalue weighted by atomic mass is 10.1. The van der Waals surface area contributed by atoms with E-state index in [1.807, 2.05) is 78.3 Å². The van der Waals surface area contributed by atoms with Gasteiger partial charge in [-0.1, -0.05) is 60.7 Å². The predicted octanol–water partition coefficient (Wildman–Crippen LogP) is 4.28. The molecule has 0 aliphatic heterocycles. The summed E-state index contributed by atoms with van der Waals surface area (Å²) in [6.45, 7) is 4.26. The Labute approximate surface area is 215 Å². The highest BCUT2D eigenvalue weighted by Gasteiger charge is 2.16. The summed E-state index contributed by atoms with van der Waals surface area (Å²) in [5, 5.41) is 13.5. The smallest absolute Gasteiger partial charge is 0.252 e. The first-order chi connectivity index (χ1) is 18.1. The third-order valence-corrected chi connectivity index (χ3v) is 6.55. The molecule has 188 valence electrons. The summed E-state index contributed by atoms with van der Waals surface area (Å²) < 4.78 is 7.16. The van der Waals surface area contributed by atoms with Crippen molar-refractivity contribution < 1.29 is 4.74 Å². The summed E-state index contributed by atoms with van der Waals surface area (Å²) in [5.74, 6) is 1.57. The molecule has 8 nitrogen and oxygen atoms in total. The molecule has 3 aromatic carbocycles.